The maximum Gasteiger partial charge on any atom is 0.234 e. The molecule has 3 atom stereocenters. The SMILES string of the molecule is Cc1cc(C(C(=O)N2CC(O)CC2C2=N[N+](C)(C)C(C)(C)C2)C(C)C)on1. The smallest absolute Gasteiger partial charge is 0.234 e. The van der Waals surface area contributed by atoms with E-state index in [2.05, 4.69) is 33.1 Å². The topological polar surface area (TPSA) is 78.9 Å². The van der Waals surface area contributed by atoms with Gasteiger partial charge in [-0.1, -0.05) is 24.1 Å². The molecule has 0 radical (unpaired) electrons. The number of quaternary nitrogens is 1. The summed E-state index contributed by atoms with van der Waals surface area (Å²) in [5.41, 5.74) is 1.74. The van der Waals surface area contributed by atoms with Gasteiger partial charge < -0.3 is 14.5 Å². The van der Waals surface area contributed by atoms with Gasteiger partial charge in [0.15, 0.2) is 0 Å². The molecule has 7 nitrogen and oxygen atoms in total. The summed E-state index contributed by atoms with van der Waals surface area (Å²) in [5, 5.41) is 19.2. The predicted octanol–water partition coefficient (Wildman–Crippen LogP) is 2.30. The van der Waals surface area contributed by atoms with Gasteiger partial charge in [-0.2, -0.15) is 4.59 Å². The van der Waals surface area contributed by atoms with E-state index in [0.717, 1.165) is 17.8 Å². The van der Waals surface area contributed by atoms with Crippen molar-refractivity contribution in [3.8, 4) is 0 Å². The molecule has 27 heavy (non-hydrogen) atoms. The van der Waals surface area contributed by atoms with Crippen LogP contribution in [0.25, 0.3) is 0 Å². The third kappa shape index (κ3) is 3.55. The van der Waals surface area contributed by atoms with Gasteiger partial charge in [0, 0.05) is 19.0 Å². The van der Waals surface area contributed by atoms with Gasteiger partial charge in [-0.3, -0.25) is 4.79 Å². The highest BCUT2D eigenvalue weighted by molar-refractivity contribution is 5.96. The van der Waals surface area contributed by atoms with Crippen molar-refractivity contribution >= 4 is 11.6 Å². The number of amides is 1. The highest BCUT2D eigenvalue weighted by atomic mass is 16.5. The zero-order valence-corrected chi connectivity index (χ0v) is 17.6. The fourth-order valence-corrected chi connectivity index (χ4v) is 4.13. The van der Waals surface area contributed by atoms with Crippen molar-refractivity contribution < 1.29 is 19.0 Å². The number of rotatable bonds is 4. The maximum atomic E-state index is 13.5. The van der Waals surface area contributed by atoms with Gasteiger partial charge in [0.25, 0.3) is 0 Å². The van der Waals surface area contributed by atoms with Crippen molar-refractivity contribution in [3.63, 3.8) is 0 Å². The lowest BCUT2D eigenvalue weighted by Gasteiger charge is -2.33. The molecule has 0 aromatic carbocycles. The molecule has 3 rings (SSSR count). The second kappa shape index (κ2) is 6.71. The van der Waals surface area contributed by atoms with Crippen molar-refractivity contribution in [2.75, 3.05) is 20.6 Å². The molecule has 0 bridgehead atoms. The molecule has 2 aliphatic heterocycles. The number of β-amino-alcohol motifs (C(OH)–C–C–N with tert-alkyl or cyclic N) is 1. The van der Waals surface area contributed by atoms with Crippen LogP contribution in [0.4, 0.5) is 0 Å². The zero-order chi connectivity index (χ0) is 20.1. The largest absolute Gasteiger partial charge is 0.391 e. The Hall–Kier alpha value is -1.73. The number of carbonyl (C=O) groups excluding carboxylic acids is 1. The number of hydrogen-bond acceptors (Lipinski definition) is 5. The maximum absolute atomic E-state index is 13.5. The average Bonchev–Trinajstić information content (AvgIpc) is 3.16. The van der Waals surface area contributed by atoms with Gasteiger partial charge in [-0.15, -0.1) is 0 Å². The summed E-state index contributed by atoms with van der Waals surface area (Å²) < 4.78 is 5.96. The molecule has 1 fully saturated rings. The van der Waals surface area contributed by atoms with E-state index in [4.69, 9.17) is 9.62 Å². The van der Waals surface area contributed by atoms with Crippen LogP contribution in [0.1, 0.15) is 57.9 Å². The van der Waals surface area contributed by atoms with Crippen LogP contribution in [0.5, 0.6) is 0 Å². The zero-order valence-electron chi connectivity index (χ0n) is 17.6. The highest BCUT2D eigenvalue weighted by Gasteiger charge is 2.50. The van der Waals surface area contributed by atoms with Gasteiger partial charge in [-0.25, -0.2) is 0 Å². The molecule has 1 aromatic rings. The van der Waals surface area contributed by atoms with E-state index >= 15 is 0 Å². The van der Waals surface area contributed by atoms with Crippen molar-refractivity contribution in [2.45, 2.75) is 71.1 Å². The number of nitrogens with zero attached hydrogens (tertiary/aromatic N) is 4. The lowest BCUT2D eigenvalue weighted by molar-refractivity contribution is -0.937. The Kier molecular flexibility index (Phi) is 4.97. The van der Waals surface area contributed by atoms with Crippen molar-refractivity contribution in [1.29, 1.82) is 0 Å². The number of likely N-dealkylation sites (tertiary alicyclic amines) is 1. The highest BCUT2D eigenvalue weighted by Crippen LogP contribution is 2.37. The Morgan fingerprint density at radius 3 is 2.56 bits per heavy atom. The molecular formula is C20H33N4O3+. The van der Waals surface area contributed by atoms with Crippen LogP contribution in [-0.4, -0.2) is 69.7 Å². The van der Waals surface area contributed by atoms with Gasteiger partial charge in [0.05, 0.1) is 38.4 Å². The Morgan fingerprint density at radius 2 is 2.07 bits per heavy atom. The normalized spacial score (nSPS) is 27.9. The predicted molar refractivity (Wildman–Crippen MR) is 103 cm³/mol. The average molecular weight is 378 g/mol. The van der Waals surface area contributed by atoms with E-state index in [1.807, 2.05) is 31.7 Å². The minimum Gasteiger partial charge on any atom is -0.391 e. The summed E-state index contributed by atoms with van der Waals surface area (Å²) in [5.74, 6) is 0.242. The number of carbonyl (C=O) groups is 1. The van der Waals surface area contributed by atoms with Crippen LogP contribution < -0.4 is 0 Å². The Bertz CT molecular complexity index is 750. The first kappa shape index (κ1) is 20.0. The van der Waals surface area contributed by atoms with E-state index < -0.39 is 12.0 Å². The third-order valence-corrected chi connectivity index (χ3v) is 6.31. The Balaban J connectivity index is 1.91. The summed E-state index contributed by atoms with van der Waals surface area (Å²) in [6.45, 7) is 10.6. The molecular weight excluding hydrogens is 344 g/mol. The summed E-state index contributed by atoms with van der Waals surface area (Å²) in [4.78, 5) is 15.3. The fourth-order valence-electron chi connectivity index (χ4n) is 4.13. The minimum absolute atomic E-state index is 0.0135. The summed E-state index contributed by atoms with van der Waals surface area (Å²) in [6, 6.07) is 1.68. The number of aliphatic hydroxyl groups is 1. The molecule has 1 aromatic heterocycles. The first-order valence-corrected chi connectivity index (χ1v) is 9.78. The third-order valence-electron chi connectivity index (χ3n) is 6.31. The first-order chi connectivity index (χ1) is 12.4. The van der Waals surface area contributed by atoms with Crippen LogP contribution in [0, 0.1) is 12.8 Å². The monoisotopic (exact) mass is 377 g/mol. The second-order valence-corrected chi connectivity index (χ2v) is 9.46. The fraction of sp³-hybridized carbons (Fsp3) is 0.750. The van der Waals surface area contributed by atoms with E-state index in [-0.39, 0.29) is 23.4 Å². The summed E-state index contributed by atoms with van der Waals surface area (Å²) in [6.07, 6.45) is 0.834. The summed E-state index contributed by atoms with van der Waals surface area (Å²) >= 11 is 0. The molecule has 150 valence electrons. The van der Waals surface area contributed by atoms with E-state index in [0.29, 0.717) is 23.3 Å². The molecule has 0 aliphatic carbocycles. The number of aryl methyl sites for hydroxylation is 1. The lowest BCUT2D eigenvalue weighted by atomic mass is 9.90. The quantitative estimate of drug-likeness (QED) is 0.817. The van der Waals surface area contributed by atoms with E-state index in [1.165, 1.54) is 0 Å². The molecule has 1 amide bonds. The van der Waals surface area contributed by atoms with Crippen molar-refractivity contribution in [3.05, 3.63) is 17.5 Å². The summed E-state index contributed by atoms with van der Waals surface area (Å²) in [7, 11) is 4.16. The van der Waals surface area contributed by atoms with Gasteiger partial charge in [-0.05, 0) is 26.7 Å². The van der Waals surface area contributed by atoms with Crippen LogP contribution in [-0.2, 0) is 4.79 Å². The molecule has 0 saturated carbocycles. The molecule has 1 saturated heterocycles. The second-order valence-electron chi connectivity index (χ2n) is 9.46. The Morgan fingerprint density at radius 1 is 1.41 bits per heavy atom. The molecule has 3 unspecified atom stereocenters. The number of aromatic nitrogens is 1. The van der Waals surface area contributed by atoms with Gasteiger partial charge in [0.1, 0.15) is 22.9 Å². The molecule has 3 heterocycles. The lowest BCUT2D eigenvalue weighted by Crippen LogP contribution is -2.48. The first-order valence-electron chi connectivity index (χ1n) is 9.78. The molecule has 7 heteroatoms. The van der Waals surface area contributed by atoms with Crippen LogP contribution >= 0.6 is 0 Å². The van der Waals surface area contributed by atoms with Gasteiger partial charge >= 0.3 is 0 Å². The van der Waals surface area contributed by atoms with Crippen molar-refractivity contribution in [2.24, 2.45) is 11.0 Å². The van der Waals surface area contributed by atoms with Gasteiger partial charge in [0.2, 0.25) is 5.91 Å². The molecule has 0 spiro atoms. The minimum atomic E-state index is -0.523. The van der Waals surface area contributed by atoms with Crippen LogP contribution in [0.15, 0.2) is 15.7 Å². The van der Waals surface area contributed by atoms with E-state index in [1.54, 1.807) is 0 Å². The van der Waals surface area contributed by atoms with Crippen LogP contribution in [0.2, 0.25) is 0 Å². The number of aliphatic hydroxyl groups excluding tert-OH is 1. The molecule has 2 aliphatic rings. The Labute approximate surface area is 161 Å². The van der Waals surface area contributed by atoms with Crippen molar-refractivity contribution in [1.82, 2.24) is 10.1 Å². The van der Waals surface area contributed by atoms with E-state index in [9.17, 15) is 9.90 Å². The molecule has 1 N–H and O–H groups in total. The number of hydrogen-bond donors (Lipinski definition) is 1. The standard InChI is InChI=1S/C20H33N4O3/c1-12(2)18(17-8-13(3)22-27-17)19(26)23-11-14(25)9-16(23)15-10-20(4,5)24(6,7)21-15/h8,12,14,16,18,25H,9-11H2,1-7H3/q+1. The van der Waals surface area contributed by atoms with Crippen LogP contribution in [0.3, 0.4) is 0 Å².